The van der Waals surface area contributed by atoms with Gasteiger partial charge >= 0.3 is 0 Å². The number of benzene rings is 1. The number of allylic oxidation sites excluding steroid dienone is 2. The van der Waals surface area contributed by atoms with Crippen molar-refractivity contribution in [3.63, 3.8) is 0 Å². The molecule has 1 aromatic rings. The molecule has 2 rings (SSSR count). The van der Waals surface area contributed by atoms with Gasteiger partial charge in [0.15, 0.2) is 5.78 Å². The molecule has 0 bridgehead atoms. The summed E-state index contributed by atoms with van der Waals surface area (Å²) in [4.78, 5) is 12.1. The largest absolute Gasteiger partial charge is 0.291 e. The number of hydrogen-bond acceptors (Lipinski definition) is 3. The van der Waals surface area contributed by atoms with Gasteiger partial charge in [0.1, 0.15) is 5.38 Å². The molecule has 1 aliphatic rings. The number of alkyl halides is 3. The summed E-state index contributed by atoms with van der Waals surface area (Å²) < 4.78 is 26.5. The molecule has 1 atom stereocenters. The first kappa shape index (κ1) is 17.5. The predicted octanol–water partition coefficient (Wildman–Crippen LogP) is 3.52. The number of nitrogens with zero attached hydrogens (tertiary/aromatic N) is 1. The number of ketones is 1. The Hall–Kier alpha value is -0.880. The third kappa shape index (κ3) is 2.95. The second-order valence-corrected chi connectivity index (χ2v) is 8.26. The van der Waals surface area contributed by atoms with Gasteiger partial charge in [0.2, 0.25) is 4.33 Å². The van der Waals surface area contributed by atoms with E-state index in [-0.39, 0.29) is 16.2 Å². The van der Waals surface area contributed by atoms with Gasteiger partial charge in [0, 0.05) is 5.57 Å². The number of hydrogen-bond donors (Lipinski definition) is 0. The molecule has 0 N–H and O–H groups in total. The van der Waals surface area contributed by atoms with E-state index in [1.807, 2.05) is 0 Å². The van der Waals surface area contributed by atoms with Crippen molar-refractivity contribution in [1.29, 1.82) is 0 Å². The molecule has 1 aromatic carbocycles. The first-order chi connectivity index (χ1) is 10.1. The highest BCUT2D eigenvalue weighted by Gasteiger charge is 2.49. The second-order valence-electron chi connectivity index (χ2n) is 4.83. The van der Waals surface area contributed by atoms with E-state index in [1.54, 1.807) is 25.1 Å². The van der Waals surface area contributed by atoms with Crippen LogP contribution in [-0.4, -0.2) is 29.6 Å². The molecule has 0 amide bonds. The monoisotopic (exact) mass is 379 g/mol. The van der Waals surface area contributed by atoms with E-state index in [1.165, 1.54) is 19.1 Å². The van der Waals surface area contributed by atoms with Gasteiger partial charge in [-0.2, -0.15) is 12.8 Å². The molecule has 0 aromatic heterocycles. The molecule has 0 fully saturated rings. The average molecular weight is 381 g/mol. The summed E-state index contributed by atoms with van der Waals surface area (Å²) in [5.41, 5.74) is 0.581. The van der Waals surface area contributed by atoms with Crippen molar-refractivity contribution < 1.29 is 13.2 Å². The lowest BCUT2D eigenvalue weighted by molar-refractivity contribution is -0.116. The maximum Gasteiger partial charge on any atom is 0.282 e. The molecule has 0 heterocycles. The molecule has 0 saturated carbocycles. The Labute approximate surface area is 143 Å². The number of sulfonamides is 1. The fourth-order valence-corrected chi connectivity index (χ4v) is 3.95. The molecule has 22 heavy (non-hydrogen) atoms. The molecule has 1 unspecified atom stereocenters. The molecule has 118 valence electrons. The van der Waals surface area contributed by atoms with Crippen molar-refractivity contribution in [3.05, 3.63) is 41.5 Å². The van der Waals surface area contributed by atoms with E-state index in [4.69, 9.17) is 34.8 Å². The van der Waals surface area contributed by atoms with Crippen molar-refractivity contribution in [3.8, 4) is 0 Å². The average Bonchev–Trinajstić information content (AvgIpc) is 2.49. The van der Waals surface area contributed by atoms with Crippen LogP contribution in [0.3, 0.4) is 0 Å². The van der Waals surface area contributed by atoms with Crippen molar-refractivity contribution >= 4 is 56.3 Å². The lowest BCUT2D eigenvalue weighted by Crippen LogP contribution is -2.46. The Morgan fingerprint density at radius 3 is 2.18 bits per heavy atom. The predicted molar refractivity (Wildman–Crippen MR) is 88.5 cm³/mol. The molecule has 0 radical (unpaired) electrons. The second kappa shape index (κ2) is 5.96. The van der Waals surface area contributed by atoms with Gasteiger partial charge in [-0.05, 0) is 31.6 Å². The Kier molecular flexibility index (Phi) is 4.74. The fraction of sp³-hybridized carbons (Fsp3) is 0.286. The molecule has 4 nitrogen and oxygen atoms in total. The van der Waals surface area contributed by atoms with E-state index in [0.717, 1.165) is 0 Å². The Balaban J connectivity index is 2.63. The van der Waals surface area contributed by atoms with Crippen molar-refractivity contribution in [1.82, 2.24) is 0 Å². The standard InChI is InChI=1S/C14H12Cl3NO3S/c1-8-9(2)13(19)14(16,17)12(15)11(8)18-22(20,21)10-6-4-3-5-7-10/h3-7,12H,1-2H3. The van der Waals surface area contributed by atoms with Gasteiger partial charge in [-0.25, -0.2) is 0 Å². The maximum absolute atomic E-state index is 12.4. The quantitative estimate of drug-likeness (QED) is 0.737. The molecule has 0 aliphatic heterocycles. The zero-order chi connectivity index (χ0) is 16.7. The highest BCUT2D eigenvalue weighted by atomic mass is 35.5. The maximum atomic E-state index is 12.4. The zero-order valence-electron chi connectivity index (χ0n) is 11.7. The topological polar surface area (TPSA) is 63.6 Å². The minimum Gasteiger partial charge on any atom is -0.291 e. The van der Waals surface area contributed by atoms with Gasteiger partial charge < -0.3 is 0 Å². The summed E-state index contributed by atoms with van der Waals surface area (Å²) >= 11 is 18.1. The minimum atomic E-state index is -3.98. The summed E-state index contributed by atoms with van der Waals surface area (Å²) in [6, 6.07) is 7.68. The Bertz CT molecular complexity index is 783. The van der Waals surface area contributed by atoms with Crippen LogP contribution in [0.5, 0.6) is 0 Å². The van der Waals surface area contributed by atoms with Crippen LogP contribution < -0.4 is 0 Å². The molecular weight excluding hydrogens is 369 g/mol. The lowest BCUT2D eigenvalue weighted by Gasteiger charge is -2.31. The normalized spacial score (nSPS) is 24.0. The van der Waals surface area contributed by atoms with Crippen LogP contribution in [0.4, 0.5) is 0 Å². The van der Waals surface area contributed by atoms with E-state index >= 15 is 0 Å². The van der Waals surface area contributed by atoms with E-state index < -0.39 is 25.5 Å². The van der Waals surface area contributed by atoms with Gasteiger partial charge in [-0.15, -0.1) is 11.6 Å². The number of rotatable bonds is 2. The smallest absolute Gasteiger partial charge is 0.282 e. The minimum absolute atomic E-state index is 0.0171. The van der Waals surface area contributed by atoms with Crippen LogP contribution in [0, 0.1) is 0 Å². The Morgan fingerprint density at radius 1 is 1.09 bits per heavy atom. The van der Waals surface area contributed by atoms with Crippen molar-refractivity contribution in [2.75, 3.05) is 0 Å². The SMILES string of the molecule is CC1=C(C)C(=NS(=O)(=O)c2ccccc2)C(Cl)C(Cl)(Cl)C1=O. The van der Waals surface area contributed by atoms with E-state index in [0.29, 0.717) is 5.57 Å². The molecule has 1 aliphatic carbocycles. The van der Waals surface area contributed by atoms with Crippen LogP contribution in [0.15, 0.2) is 50.8 Å². The summed E-state index contributed by atoms with van der Waals surface area (Å²) in [5, 5.41) is -1.26. The summed E-state index contributed by atoms with van der Waals surface area (Å²) in [6.45, 7) is 3.07. The van der Waals surface area contributed by atoms with Crippen LogP contribution in [-0.2, 0) is 14.8 Å². The third-order valence-electron chi connectivity index (χ3n) is 3.41. The van der Waals surface area contributed by atoms with Crippen LogP contribution in [0.25, 0.3) is 0 Å². The van der Waals surface area contributed by atoms with Crippen LogP contribution in [0.2, 0.25) is 0 Å². The highest BCUT2D eigenvalue weighted by molar-refractivity contribution is 7.90. The Morgan fingerprint density at radius 2 is 1.64 bits per heavy atom. The van der Waals surface area contributed by atoms with Gasteiger partial charge in [0.05, 0.1) is 10.6 Å². The highest BCUT2D eigenvalue weighted by Crippen LogP contribution is 2.40. The summed E-state index contributed by atoms with van der Waals surface area (Å²) in [6.07, 6.45) is 0. The van der Waals surface area contributed by atoms with Crippen LogP contribution in [0.1, 0.15) is 13.8 Å². The molecule has 0 spiro atoms. The first-order valence-electron chi connectivity index (χ1n) is 6.23. The number of carbonyl (C=O) groups excluding carboxylic acids is 1. The van der Waals surface area contributed by atoms with Gasteiger partial charge in [-0.3, -0.25) is 4.79 Å². The molecule has 0 saturated heterocycles. The summed E-state index contributed by atoms with van der Waals surface area (Å²) in [5.74, 6) is -0.551. The van der Waals surface area contributed by atoms with Crippen molar-refractivity contribution in [2.45, 2.75) is 28.5 Å². The zero-order valence-corrected chi connectivity index (χ0v) is 14.8. The van der Waals surface area contributed by atoms with E-state index in [2.05, 4.69) is 4.40 Å². The van der Waals surface area contributed by atoms with Gasteiger partial charge in [0.25, 0.3) is 10.0 Å². The first-order valence-corrected chi connectivity index (χ1v) is 8.86. The van der Waals surface area contributed by atoms with E-state index in [9.17, 15) is 13.2 Å². The number of carbonyl (C=O) groups is 1. The molecule has 8 heteroatoms. The fourth-order valence-electron chi connectivity index (χ4n) is 1.98. The summed E-state index contributed by atoms with van der Waals surface area (Å²) in [7, 11) is -3.98. The van der Waals surface area contributed by atoms with Crippen LogP contribution >= 0.6 is 34.8 Å². The van der Waals surface area contributed by atoms with Gasteiger partial charge in [-0.1, -0.05) is 41.4 Å². The molecular formula is C14H12Cl3NO3S. The lowest BCUT2D eigenvalue weighted by atomic mass is 9.90. The number of halogens is 3. The van der Waals surface area contributed by atoms with Crippen molar-refractivity contribution in [2.24, 2.45) is 4.40 Å². The third-order valence-corrected chi connectivity index (χ3v) is 6.25. The number of Topliss-reactive ketones (excluding diaryl/α,β-unsaturated/α-hetero) is 1.